The number of ether oxygens (including phenoxy) is 1. The summed E-state index contributed by atoms with van der Waals surface area (Å²) in [5.41, 5.74) is 1.44. The SMILES string of the molecule is CCOC(=O)c1c(NC(=O)/C(C)=C/C(=O)O)sc2c1CCCC2. The predicted octanol–water partition coefficient (Wildman–Crippen LogP) is 2.77. The molecule has 0 aliphatic heterocycles. The number of rotatable bonds is 5. The van der Waals surface area contributed by atoms with E-state index in [1.807, 2.05) is 0 Å². The van der Waals surface area contributed by atoms with Gasteiger partial charge in [-0.2, -0.15) is 0 Å². The average Bonchev–Trinajstić information content (AvgIpc) is 2.84. The van der Waals surface area contributed by atoms with E-state index in [9.17, 15) is 14.4 Å². The topological polar surface area (TPSA) is 92.7 Å². The number of carbonyl (C=O) groups is 3. The Morgan fingerprint density at radius 1 is 1.30 bits per heavy atom. The van der Waals surface area contributed by atoms with E-state index in [0.717, 1.165) is 42.2 Å². The molecule has 23 heavy (non-hydrogen) atoms. The first kappa shape index (κ1) is 17.2. The van der Waals surface area contributed by atoms with Crippen molar-refractivity contribution in [1.29, 1.82) is 0 Å². The summed E-state index contributed by atoms with van der Waals surface area (Å²) >= 11 is 1.37. The molecule has 0 spiro atoms. The van der Waals surface area contributed by atoms with Gasteiger partial charge in [-0.05, 0) is 45.1 Å². The minimum Gasteiger partial charge on any atom is -0.478 e. The van der Waals surface area contributed by atoms with Crippen LogP contribution in [0.2, 0.25) is 0 Å². The van der Waals surface area contributed by atoms with E-state index in [1.54, 1.807) is 6.92 Å². The van der Waals surface area contributed by atoms with Gasteiger partial charge < -0.3 is 15.2 Å². The maximum atomic E-state index is 12.3. The number of amides is 1. The minimum atomic E-state index is -1.19. The van der Waals surface area contributed by atoms with Gasteiger partial charge in [-0.25, -0.2) is 9.59 Å². The Labute approximate surface area is 138 Å². The van der Waals surface area contributed by atoms with Crippen molar-refractivity contribution in [2.24, 2.45) is 0 Å². The van der Waals surface area contributed by atoms with E-state index in [4.69, 9.17) is 9.84 Å². The first-order valence-electron chi connectivity index (χ1n) is 7.48. The summed E-state index contributed by atoms with van der Waals surface area (Å²) in [6, 6.07) is 0. The molecule has 6 nitrogen and oxygen atoms in total. The normalized spacial score (nSPS) is 14.1. The van der Waals surface area contributed by atoms with Gasteiger partial charge in [-0.1, -0.05) is 0 Å². The van der Waals surface area contributed by atoms with Gasteiger partial charge in [-0.3, -0.25) is 4.79 Å². The number of esters is 1. The van der Waals surface area contributed by atoms with Crippen molar-refractivity contribution in [3.8, 4) is 0 Å². The van der Waals surface area contributed by atoms with Crippen LogP contribution in [0.5, 0.6) is 0 Å². The lowest BCUT2D eigenvalue weighted by Crippen LogP contribution is -2.16. The summed E-state index contributed by atoms with van der Waals surface area (Å²) in [6.45, 7) is 3.41. The smallest absolute Gasteiger partial charge is 0.341 e. The second kappa shape index (κ2) is 7.41. The van der Waals surface area contributed by atoms with E-state index in [1.165, 1.54) is 18.3 Å². The average molecular weight is 337 g/mol. The molecule has 0 saturated carbocycles. The standard InChI is InChI=1S/C16H19NO5S/c1-3-22-16(21)13-10-6-4-5-7-11(10)23-15(13)17-14(20)9(2)8-12(18)19/h8H,3-7H2,1-2H3,(H,17,20)(H,18,19)/b9-8+. The Kier molecular flexibility index (Phi) is 5.54. The van der Waals surface area contributed by atoms with Crippen LogP contribution in [0.15, 0.2) is 11.6 Å². The molecule has 0 atom stereocenters. The lowest BCUT2D eigenvalue weighted by Gasteiger charge is -2.12. The number of aliphatic carboxylic acids is 1. The number of hydrogen-bond acceptors (Lipinski definition) is 5. The van der Waals surface area contributed by atoms with Crippen LogP contribution in [0.3, 0.4) is 0 Å². The highest BCUT2D eigenvalue weighted by Gasteiger charge is 2.27. The summed E-state index contributed by atoms with van der Waals surface area (Å²) < 4.78 is 5.11. The number of carbonyl (C=O) groups excluding carboxylic acids is 2. The van der Waals surface area contributed by atoms with E-state index in [2.05, 4.69) is 5.32 Å². The Bertz CT molecular complexity index is 674. The number of carboxylic acids is 1. The molecule has 7 heteroatoms. The van der Waals surface area contributed by atoms with Crippen molar-refractivity contribution in [3.63, 3.8) is 0 Å². The highest BCUT2D eigenvalue weighted by atomic mass is 32.1. The summed E-state index contributed by atoms with van der Waals surface area (Å²) in [6.07, 6.45) is 4.57. The number of thiophene rings is 1. The van der Waals surface area contributed by atoms with Crippen molar-refractivity contribution in [3.05, 3.63) is 27.7 Å². The van der Waals surface area contributed by atoms with E-state index in [-0.39, 0.29) is 12.2 Å². The van der Waals surface area contributed by atoms with Crippen LogP contribution in [0.1, 0.15) is 47.5 Å². The molecule has 0 fully saturated rings. The van der Waals surface area contributed by atoms with Gasteiger partial charge in [0.1, 0.15) is 5.00 Å². The fourth-order valence-electron chi connectivity index (χ4n) is 2.53. The molecule has 1 amide bonds. The van der Waals surface area contributed by atoms with Gasteiger partial charge in [0, 0.05) is 16.5 Å². The van der Waals surface area contributed by atoms with Crippen LogP contribution in [0, 0.1) is 0 Å². The summed E-state index contributed by atoms with van der Waals surface area (Å²) in [4.78, 5) is 36.1. The molecule has 1 aromatic heterocycles. The van der Waals surface area contributed by atoms with Gasteiger partial charge in [0.15, 0.2) is 0 Å². The third-order valence-corrected chi connectivity index (χ3v) is 4.78. The minimum absolute atomic E-state index is 0.0682. The van der Waals surface area contributed by atoms with Gasteiger partial charge in [0.2, 0.25) is 0 Å². The van der Waals surface area contributed by atoms with Crippen molar-refractivity contribution in [2.45, 2.75) is 39.5 Å². The molecule has 1 aliphatic carbocycles. The molecule has 0 radical (unpaired) electrons. The summed E-state index contributed by atoms with van der Waals surface area (Å²) in [5, 5.41) is 11.8. The Morgan fingerprint density at radius 2 is 2.00 bits per heavy atom. The Balaban J connectivity index is 2.34. The molecule has 2 rings (SSSR count). The van der Waals surface area contributed by atoms with Crippen molar-refractivity contribution >= 4 is 34.2 Å². The fraction of sp³-hybridized carbons (Fsp3) is 0.438. The number of carboxylic acid groups (broad SMARTS) is 1. The van der Waals surface area contributed by atoms with Crippen LogP contribution in [-0.2, 0) is 27.2 Å². The molecule has 0 unspecified atom stereocenters. The zero-order chi connectivity index (χ0) is 17.0. The highest BCUT2D eigenvalue weighted by Crippen LogP contribution is 2.38. The maximum absolute atomic E-state index is 12.3. The first-order valence-corrected chi connectivity index (χ1v) is 8.30. The number of nitrogens with one attached hydrogen (secondary N) is 1. The molecule has 0 saturated heterocycles. The first-order chi connectivity index (χ1) is 10.9. The number of hydrogen-bond donors (Lipinski definition) is 2. The van der Waals surface area contributed by atoms with Crippen molar-refractivity contribution in [1.82, 2.24) is 0 Å². The number of anilines is 1. The Hall–Kier alpha value is -2.15. The van der Waals surface area contributed by atoms with Gasteiger partial charge in [0.05, 0.1) is 12.2 Å². The van der Waals surface area contributed by atoms with Gasteiger partial charge >= 0.3 is 11.9 Å². The molecular formula is C16H19NO5S. The van der Waals surface area contributed by atoms with Crippen LogP contribution in [0.25, 0.3) is 0 Å². The highest BCUT2D eigenvalue weighted by molar-refractivity contribution is 7.17. The van der Waals surface area contributed by atoms with E-state index >= 15 is 0 Å². The monoisotopic (exact) mass is 337 g/mol. The second-order valence-electron chi connectivity index (χ2n) is 5.26. The zero-order valence-electron chi connectivity index (χ0n) is 13.1. The maximum Gasteiger partial charge on any atom is 0.341 e. The fourth-order valence-corrected chi connectivity index (χ4v) is 3.80. The lowest BCUT2D eigenvalue weighted by atomic mass is 9.95. The molecule has 1 aliphatic rings. The van der Waals surface area contributed by atoms with Crippen LogP contribution < -0.4 is 5.32 Å². The van der Waals surface area contributed by atoms with E-state index < -0.39 is 17.8 Å². The zero-order valence-corrected chi connectivity index (χ0v) is 13.9. The second-order valence-corrected chi connectivity index (χ2v) is 6.36. The lowest BCUT2D eigenvalue weighted by molar-refractivity contribution is -0.131. The van der Waals surface area contributed by atoms with Gasteiger partial charge in [-0.15, -0.1) is 11.3 Å². The molecule has 0 bridgehead atoms. The third-order valence-electron chi connectivity index (χ3n) is 3.58. The molecule has 0 aromatic carbocycles. The molecule has 1 heterocycles. The van der Waals surface area contributed by atoms with Crippen molar-refractivity contribution in [2.75, 3.05) is 11.9 Å². The third kappa shape index (κ3) is 3.98. The number of fused-ring (bicyclic) bond motifs is 1. The quantitative estimate of drug-likeness (QED) is 0.636. The molecular weight excluding hydrogens is 318 g/mol. The molecule has 124 valence electrons. The number of aryl methyl sites for hydroxylation is 1. The molecule has 2 N–H and O–H groups in total. The van der Waals surface area contributed by atoms with Crippen LogP contribution >= 0.6 is 11.3 Å². The van der Waals surface area contributed by atoms with Crippen molar-refractivity contribution < 1.29 is 24.2 Å². The van der Waals surface area contributed by atoms with Gasteiger partial charge in [0.25, 0.3) is 5.91 Å². The molecule has 1 aromatic rings. The largest absolute Gasteiger partial charge is 0.478 e. The summed E-state index contributed by atoms with van der Waals surface area (Å²) in [5.74, 6) is -2.16. The van der Waals surface area contributed by atoms with E-state index in [0.29, 0.717) is 10.6 Å². The predicted molar refractivity (Wildman–Crippen MR) is 86.9 cm³/mol. The Morgan fingerprint density at radius 3 is 2.65 bits per heavy atom. The van der Waals surface area contributed by atoms with Crippen LogP contribution in [0.4, 0.5) is 5.00 Å². The summed E-state index contributed by atoms with van der Waals surface area (Å²) in [7, 11) is 0. The van der Waals surface area contributed by atoms with Crippen LogP contribution in [-0.4, -0.2) is 29.6 Å².